The monoisotopic (exact) mass is 294 g/mol. The summed E-state index contributed by atoms with van der Waals surface area (Å²) in [6.45, 7) is 6.17. The summed E-state index contributed by atoms with van der Waals surface area (Å²) in [6.07, 6.45) is 4.87. The largest absolute Gasteiger partial charge is 0.463 e. The number of furan rings is 1. The Bertz CT molecular complexity index is 438. The van der Waals surface area contributed by atoms with Crippen LogP contribution in [-0.2, 0) is 11.3 Å². The predicted molar refractivity (Wildman–Crippen MR) is 81.3 cm³/mol. The Kier molecular flexibility index (Phi) is 6.26. The highest BCUT2D eigenvalue weighted by molar-refractivity contribution is 5.86. The molecule has 2 heterocycles. The van der Waals surface area contributed by atoms with Crippen molar-refractivity contribution in [2.24, 2.45) is 0 Å². The molecular formula is C16H26N2O3. The zero-order valence-electron chi connectivity index (χ0n) is 13.1. The maximum atomic E-state index is 11.4. The molecule has 0 spiro atoms. The molecule has 0 saturated carbocycles. The van der Waals surface area contributed by atoms with E-state index in [0.717, 1.165) is 31.9 Å². The first-order valence-electron chi connectivity index (χ1n) is 7.85. The van der Waals surface area contributed by atoms with Crippen molar-refractivity contribution in [1.29, 1.82) is 0 Å². The predicted octanol–water partition coefficient (Wildman–Crippen LogP) is 2.42. The van der Waals surface area contributed by atoms with Crippen molar-refractivity contribution in [3.63, 3.8) is 0 Å². The van der Waals surface area contributed by atoms with E-state index in [9.17, 15) is 4.79 Å². The molecule has 1 fully saturated rings. The van der Waals surface area contributed by atoms with Gasteiger partial charge in [-0.3, -0.25) is 4.90 Å². The molecule has 1 saturated heterocycles. The molecule has 1 N–H and O–H groups in total. The number of unbranched alkanes of at least 4 members (excludes halogenated alkanes) is 1. The number of ether oxygens (including phenoxy) is 1. The highest BCUT2D eigenvalue weighted by atomic mass is 16.5. The molecule has 0 radical (unpaired) electrons. The van der Waals surface area contributed by atoms with Gasteiger partial charge in [0.1, 0.15) is 5.76 Å². The molecule has 1 aromatic heterocycles. The van der Waals surface area contributed by atoms with Crippen LogP contribution in [0.4, 0.5) is 0 Å². The number of hydrogen-bond donors (Lipinski definition) is 1. The number of rotatable bonds is 8. The molecule has 1 aliphatic heterocycles. The molecule has 0 aliphatic carbocycles. The minimum Gasteiger partial charge on any atom is -0.463 e. The summed E-state index contributed by atoms with van der Waals surface area (Å²) in [5.74, 6) is 0.685. The Labute approximate surface area is 126 Å². The second kappa shape index (κ2) is 8.20. The SMILES string of the molecule is CCCCN(Cc1ccc(C(=O)OC)o1)CC1CCCN1. The quantitative estimate of drug-likeness (QED) is 0.746. The van der Waals surface area contributed by atoms with Gasteiger partial charge in [0.15, 0.2) is 0 Å². The summed E-state index contributed by atoms with van der Waals surface area (Å²) < 4.78 is 10.2. The molecule has 21 heavy (non-hydrogen) atoms. The van der Waals surface area contributed by atoms with Gasteiger partial charge >= 0.3 is 5.97 Å². The smallest absolute Gasteiger partial charge is 0.373 e. The molecule has 1 unspecified atom stereocenters. The van der Waals surface area contributed by atoms with Gasteiger partial charge in [0.2, 0.25) is 5.76 Å². The summed E-state index contributed by atoms with van der Waals surface area (Å²) in [6, 6.07) is 4.14. The number of nitrogens with one attached hydrogen (secondary N) is 1. The second-order valence-corrected chi connectivity index (χ2v) is 5.64. The van der Waals surface area contributed by atoms with Crippen LogP contribution >= 0.6 is 0 Å². The van der Waals surface area contributed by atoms with Crippen molar-refractivity contribution in [2.75, 3.05) is 26.7 Å². The molecule has 0 aromatic carbocycles. The van der Waals surface area contributed by atoms with E-state index in [1.165, 1.54) is 32.8 Å². The fraction of sp³-hybridized carbons (Fsp3) is 0.688. The summed E-state index contributed by atoms with van der Waals surface area (Å²) in [5, 5.41) is 3.54. The van der Waals surface area contributed by atoms with Gasteiger partial charge in [-0.2, -0.15) is 0 Å². The molecule has 5 nitrogen and oxygen atoms in total. The number of methoxy groups -OCH3 is 1. The Balaban J connectivity index is 1.92. The number of hydrogen-bond acceptors (Lipinski definition) is 5. The van der Waals surface area contributed by atoms with Crippen molar-refractivity contribution in [3.8, 4) is 0 Å². The molecule has 1 aromatic rings. The third-order valence-electron chi connectivity index (χ3n) is 3.90. The van der Waals surface area contributed by atoms with Crippen LogP contribution in [0, 0.1) is 0 Å². The van der Waals surface area contributed by atoms with Gasteiger partial charge in [0.05, 0.1) is 13.7 Å². The Morgan fingerprint density at radius 3 is 3.05 bits per heavy atom. The summed E-state index contributed by atoms with van der Waals surface area (Å²) >= 11 is 0. The minimum absolute atomic E-state index is 0.280. The zero-order valence-corrected chi connectivity index (χ0v) is 13.1. The van der Waals surface area contributed by atoms with Crippen LogP contribution in [0.15, 0.2) is 16.5 Å². The lowest BCUT2D eigenvalue weighted by molar-refractivity contribution is 0.0561. The van der Waals surface area contributed by atoms with Gasteiger partial charge < -0.3 is 14.5 Å². The van der Waals surface area contributed by atoms with E-state index in [1.807, 2.05) is 6.07 Å². The van der Waals surface area contributed by atoms with Crippen molar-refractivity contribution < 1.29 is 13.9 Å². The normalized spacial score (nSPS) is 18.3. The topological polar surface area (TPSA) is 54.7 Å². The van der Waals surface area contributed by atoms with E-state index in [-0.39, 0.29) is 5.76 Å². The van der Waals surface area contributed by atoms with Gasteiger partial charge in [-0.1, -0.05) is 13.3 Å². The van der Waals surface area contributed by atoms with Crippen LogP contribution < -0.4 is 5.32 Å². The second-order valence-electron chi connectivity index (χ2n) is 5.64. The highest BCUT2D eigenvalue weighted by Gasteiger charge is 2.19. The standard InChI is InChI=1S/C16H26N2O3/c1-3-4-10-18(11-13-6-5-9-17-13)12-14-7-8-15(21-14)16(19)20-2/h7-8,13,17H,3-6,9-12H2,1-2H3. The molecule has 5 heteroatoms. The van der Waals surface area contributed by atoms with Crippen LogP contribution in [0.25, 0.3) is 0 Å². The number of carbonyl (C=O) groups is 1. The van der Waals surface area contributed by atoms with Crippen molar-refractivity contribution in [3.05, 3.63) is 23.7 Å². The molecule has 1 aliphatic rings. The summed E-state index contributed by atoms with van der Waals surface area (Å²) in [5.41, 5.74) is 0. The minimum atomic E-state index is -0.418. The van der Waals surface area contributed by atoms with Crippen LogP contribution in [-0.4, -0.2) is 43.7 Å². The fourth-order valence-corrected chi connectivity index (χ4v) is 2.73. The first-order chi connectivity index (χ1) is 10.2. The van der Waals surface area contributed by atoms with Crippen molar-refractivity contribution in [1.82, 2.24) is 10.2 Å². The third-order valence-corrected chi connectivity index (χ3v) is 3.90. The first-order valence-corrected chi connectivity index (χ1v) is 7.85. The fourth-order valence-electron chi connectivity index (χ4n) is 2.73. The van der Waals surface area contributed by atoms with Gasteiger partial charge in [-0.15, -0.1) is 0 Å². The zero-order chi connectivity index (χ0) is 15.1. The Morgan fingerprint density at radius 2 is 2.38 bits per heavy atom. The molecule has 118 valence electrons. The summed E-state index contributed by atoms with van der Waals surface area (Å²) in [7, 11) is 1.36. The van der Waals surface area contributed by atoms with E-state index in [2.05, 4.69) is 21.9 Å². The van der Waals surface area contributed by atoms with Crippen LogP contribution in [0.3, 0.4) is 0 Å². The van der Waals surface area contributed by atoms with Gasteiger partial charge in [-0.05, 0) is 44.5 Å². The van der Waals surface area contributed by atoms with E-state index in [0.29, 0.717) is 6.04 Å². The molecule has 0 amide bonds. The average Bonchev–Trinajstić information content (AvgIpc) is 3.15. The van der Waals surface area contributed by atoms with Crippen molar-refractivity contribution >= 4 is 5.97 Å². The maximum Gasteiger partial charge on any atom is 0.373 e. The molecule has 0 bridgehead atoms. The maximum absolute atomic E-state index is 11.4. The number of nitrogens with zero attached hydrogens (tertiary/aromatic N) is 1. The average molecular weight is 294 g/mol. The Hall–Kier alpha value is -1.33. The lowest BCUT2D eigenvalue weighted by Gasteiger charge is -2.24. The number of carbonyl (C=O) groups excluding carboxylic acids is 1. The lowest BCUT2D eigenvalue weighted by Crippen LogP contribution is -2.37. The van der Waals surface area contributed by atoms with E-state index >= 15 is 0 Å². The molecule has 1 atom stereocenters. The van der Waals surface area contributed by atoms with Crippen LogP contribution in [0.2, 0.25) is 0 Å². The van der Waals surface area contributed by atoms with E-state index in [1.54, 1.807) is 6.07 Å². The lowest BCUT2D eigenvalue weighted by atomic mass is 10.2. The van der Waals surface area contributed by atoms with Gasteiger partial charge in [0, 0.05) is 12.6 Å². The molecular weight excluding hydrogens is 268 g/mol. The third kappa shape index (κ3) is 4.86. The first kappa shape index (κ1) is 16.0. The van der Waals surface area contributed by atoms with Crippen molar-refractivity contribution in [2.45, 2.75) is 45.2 Å². The van der Waals surface area contributed by atoms with Crippen LogP contribution in [0.5, 0.6) is 0 Å². The Morgan fingerprint density at radius 1 is 1.52 bits per heavy atom. The van der Waals surface area contributed by atoms with Gasteiger partial charge in [-0.25, -0.2) is 4.79 Å². The van der Waals surface area contributed by atoms with E-state index < -0.39 is 5.97 Å². The van der Waals surface area contributed by atoms with Gasteiger partial charge in [0.25, 0.3) is 0 Å². The summed E-state index contributed by atoms with van der Waals surface area (Å²) in [4.78, 5) is 13.8. The highest BCUT2D eigenvalue weighted by Crippen LogP contribution is 2.14. The number of esters is 1. The van der Waals surface area contributed by atoms with Crippen LogP contribution in [0.1, 0.15) is 48.9 Å². The molecule has 2 rings (SSSR count). The van der Waals surface area contributed by atoms with E-state index in [4.69, 9.17) is 4.42 Å².